The maximum atomic E-state index is 11.7. The molecule has 0 aliphatic heterocycles. The Hall–Kier alpha value is -0.810. The van der Waals surface area contributed by atoms with Crippen LogP contribution in [0.4, 0.5) is 0 Å². The maximum Gasteiger partial charge on any atom is 0.157 e. The quantitative estimate of drug-likeness (QED) is 0.827. The molecule has 1 aromatic heterocycles. The summed E-state index contributed by atoms with van der Waals surface area (Å²) in [4.78, 5) is 0. The van der Waals surface area contributed by atoms with E-state index in [4.69, 9.17) is 10.2 Å². The molecular weight excluding hydrogens is 226 g/mol. The third-order valence-corrected chi connectivity index (χ3v) is 3.87. The fraction of sp³-hybridized carbons (Fsp3) is 0.636. The van der Waals surface area contributed by atoms with Crippen molar-refractivity contribution in [3.8, 4) is 0 Å². The Morgan fingerprint density at radius 2 is 1.94 bits per heavy atom. The Labute approximate surface area is 96.7 Å². The van der Waals surface area contributed by atoms with Gasteiger partial charge in [0.25, 0.3) is 0 Å². The number of hydrogen-bond acceptors (Lipinski definition) is 4. The van der Waals surface area contributed by atoms with Crippen LogP contribution in [0.25, 0.3) is 0 Å². The monoisotopic (exact) mass is 245 g/mol. The Kier molecular flexibility index (Phi) is 4.56. The third-order valence-electron chi connectivity index (χ3n) is 2.29. The first-order valence-electron chi connectivity index (χ1n) is 5.41. The molecule has 0 saturated heterocycles. The maximum absolute atomic E-state index is 11.7. The average Bonchev–Trinajstić information content (AvgIpc) is 2.62. The normalized spacial score (nSPS) is 12.2. The fourth-order valence-corrected chi connectivity index (χ4v) is 2.88. The fourth-order valence-electron chi connectivity index (χ4n) is 1.31. The summed E-state index contributed by atoms with van der Waals surface area (Å²) in [6.45, 7) is 4.32. The van der Waals surface area contributed by atoms with Crippen molar-refractivity contribution in [2.45, 2.75) is 32.6 Å². The standard InChI is InChI=1S/C11H19NO3S/c1-9(2)5-6-16(13,14)8-11-4-3-10(7-12)15-11/h3-4,9H,5-8,12H2,1-2H3. The lowest BCUT2D eigenvalue weighted by atomic mass is 10.2. The molecule has 1 rings (SSSR count). The molecule has 2 N–H and O–H groups in total. The summed E-state index contributed by atoms with van der Waals surface area (Å²) in [7, 11) is -3.06. The first-order valence-corrected chi connectivity index (χ1v) is 7.23. The van der Waals surface area contributed by atoms with Crippen molar-refractivity contribution >= 4 is 9.84 Å². The predicted molar refractivity (Wildman–Crippen MR) is 63.5 cm³/mol. The van der Waals surface area contributed by atoms with Gasteiger partial charge >= 0.3 is 0 Å². The Bertz CT molecular complexity index is 420. The summed E-state index contributed by atoms with van der Waals surface area (Å²) in [6.07, 6.45) is 0.687. The van der Waals surface area contributed by atoms with Crippen LogP contribution in [-0.4, -0.2) is 14.2 Å². The molecule has 0 aliphatic rings. The van der Waals surface area contributed by atoms with Crippen LogP contribution < -0.4 is 5.73 Å². The summed E-state index contributed by atoms with van der Waals surface area (Å²) in [6, 6.07) is 3.39. The molecule has 1 heterocycles. The predicted octanol–water partition coefficient (Wildman–Crippen LogP) is 1.70. The molecule has 0 fully saturated rings. The van der Waals surface area contributed by atoms with Crippen LogP contribution in [-0.2, 0) is 22.1 Å². The Morgan fingerprint density at radius 1 is 1.31 bits per heavy atom. The van der Waals surface area contributed by atoms with Crippen molar-refractivity contribution in [3.05, 3.63) is 23.7 Å². The van der Waals surface area contributed by atoms with Crippen molar-refractivity contribution in [2.24, 2.45) is 11.7 Å². The largest absolute Gasteiger partial charge is 0.464 e. The van der Waals surface area contributed by atoms with Crippen LogP contribution in [0, 0.1) is 5.92 Å². The Morgan fingerprint density at radius 3 is 2.44 bits per heavy atom. The molecule has 0 aromatic carbocycles. The molecule has 0 radical (unpaired) electrons. The van der Waals surface area contributed by atoms with E-state index in [1.54, 1.807) is 12.1 Å². The van der Waals surface area contributed by atoms with Crippen molar-refractivity contribution < 1.29 is 12.8 Å². The van der Waals surface area contributed by atoms with Crippen LogP contribution in [0.1, 0.15) is 31.8 Å². The van der Waals surface area contributed by atoms with Crippen LogP contribution >= 0.6 is 0 Å². The van der Waals surface area contributed by atoms with Gasteiger partial charge in [-0.3, -0.25) is 0 Å². The van der Waals surface area contributed by atoms with E-state index >= 15 is 0 Å². The third kappa shape index (κ3) is 4.37. The van der Waals surface area contributed by atoms with E-state index in [0.717, 1.165) is 0 Å². The molecule has 0 bridgehead atoms. The van der Waals surface area contributed by atoms with Crippen molar-refractivity contribution in [1.29, 1.82) is 0 Å². The zero-order valence-electron chi connectivity index (χ0n) is 9.77. The van der Waals surface area contributed by atoms with Gasteiger partial charge in [-0.15, -0.1) is 0 Å². The van der Waals surface area contributed by atoms with Gasteiger partial charge in [-0.1, -0.05) is 13.8 Å². The second kappa shape index (κ2) is 5.50. The molecule has 0 saturated carbocycles. The molecule has 0 atom stereocenters. The van der Waals surface area contributed by atoms with E-state index in [9.17, 15) is 8.42 Å². The average molecular weight is 245 g/mol. The van der Waals surface area contributed by atoms with Gasteiger partial charge in [-0.2, -0.15) is 0 Å². The molecule has 92 valence electrons. The number of hydrogen-bond donors (Lipinski definition) is 1. The molecule has 16 heavy (non-hydrogen) atoms. The molecule has 0 unspecified atom stereocenters. The van der Waals surface area contributed by atoms with Gasteiger partial charge in [0, 0.05) is 0 Å². The summed E-state index contributed by atoms with van der Waals surface area (Å²) >= 11 is 0. The molecule has 0 spiro atoms. The van der Waals surface area contributed by atoms with Gasteiger partial charge in [0.1, 0.15) is 17.3 Å². The van der Waals surface area contributed by atoms with Gasteiger partial charge < -0.3 is 10.2 Å². The minimum Gasteiger partial charge on any atom is -0.464 e. The highest BCUT2D eigenvalue weighted by Gasteiger charge is 2.15. The summed E-state index contributed by atoms with van der Waals surface area (Å²) in [5.74, 6) is 1.67. The van der Waals surface area contributed by atoms with E-state index in [2.05, 4.69) is 0 Å². The van der Waals surface area contributed by atoms with E-state index in [-0.39, 0.29) is 11.5 Å². The molecule has 1 aromatic rings. The second-order valence-electron chi connectivity index (χ2n) is 4.35. The minimum atomic E-state index is -3.06. The van der Waals surface area contributed by atoms with Crippen molar-refractivity contribution in [1.82, 2.24) is 0 Å². The second-order valence-corrected chi connectivity index (χ2v) is 6.53. The smallest absolute Gasteiger partial charge is 0.157 e. The number of nitrogens with two attached hydrogens (primary N) is 1. The van der Waals surface area contributed by atoms with Crippen LogP contribution in [0.3, 0.4) is 0 Å². The molecule has 5 heteroatoms. The number of furan rings is 1. The minimum absolute atomic E-state index is 0.0281. The molecule has 0 aliphatic carbocycles. The van der Waals surface area contributed by atoms with Crippen LogP contribution in [0.2, 0.25) is 0 Å². The lowest BCUT2D eigenvalue weighted by Gasteiger charge is -2.04. The van der Waals surface area contributed by atoms with E-state index < -0.39 is 9.84 Å². The van der Waals surface area contributed by atoms with Gasteiger partial charge in [-0.05, 0) is 24.5 Å². The Balaban J connectivity index is 2.58. The zero-order valence-corrected chi connectivity index (χ0v) is 10.6. The van der Waals surface area contributed by atoms with Crippen molar-refractivity contribution in [3.63, 3.8) is 0 Å². The van der Waals surface area contributed by atoms with Gasteiger partial charge in [-0.25, -0.2) is 8.42 Å². The van der Waals surface area contributed by atoms with E-state index in [1.807, 2.05) is 13.8 Å². The highest BCUT2D eigenvalue weighted by Crippen LogP contribution is 2.13. The molecule has 0 amide bonds. The van der Waals surface area contributed by atoms with Crippen LogP contribution in [0.5, 0.6) is 0 Å². The van der Waals surface area contributed by atoms with E-state index in [0.29, 0.717) is 30.4 Å². The van der Waals surface area contributed by atoms with E-state index in [1.165, 1.54) is 0 Å². The first-order chi connectivity index (χ1) is 7.43. The summed E-state index contributed by atoms with van der Waals surface area (Å²) in [5.41, 5.74) is 5.38. The molecule has 4 nitrogen and oxygen atoms in total. The molecular formula is C11H19NO3S. The zero-order chi connectivity index (χ0) is 12.2. The van der Waals surface area contributed by atoms with Crippen LogP contribution in [0.15, 0.2) is 16.5 Å². The summed E-state index contributed by atoms with van der Waals surface area (Å²) < 4.78 is 28.7. The topological polar surface area (TPSA) is 73.3 Å². The van der Waals surface area contributed by atoms with Crippen molar-refractivity contribution in [2.75, 3.05) is 5.75 Å². The van der Waals surface area contributed by atoms with Gasteiger partial charge in [0.05, 0.1) is 12.3 Å². The lowest BCUT2D eigenvalue weighted by molar-refractivity contribution is 0.477. The highest BCUT2D eigenvalue weighted by molar-refractivity contribution is 7.90. The lowest BCUT2D eigenvalue weighted by Crippen LogP contribution is -2.10. The first kappa shape index (κ1) is 13.3. The highest BCUT2D eigenvalue weighted by atomic mass is 32.2. The number of rotatable bonds is 6. The summed E-state index contributed by atoms with van der Waals surface area (Å²) in [5, 5.41) is 0. The number of sulfone groups is 1. The SMILES string of the molecule is CC(C)CCS(=O)(=O)Cc1ccc(CN)o1. The van der Waals surface area contributed by atoms with Gasteiger partial charge in [0.15, 0.2) is 9.84 Å². The van der Waals surface area contributed by atoms with Gasteiger partial charge in [0.2, 0.25) is 0 Å².